The van der Waals surface area contributed by atoms with E-state index in [9.17, 15) is 9.18 Å². The molecular weight excluding hydrogens is 435 g/mol. The lowest BCUT2D eigenvalue weighted by Gasteiger charge is -2.23. The number of thioether (sulfide) groups is 1. The number of carbonyl (C=O) groups excluding carboxylic acids is 1. The van der Waals surface area contributed by atoms with Gasteiger partial charge in [-0.3, -0.25) is 4.79 Å². The second kappa shape index (κ2) is 8.08. The van der Waals surface area contributed by atoms with Crippen LogP contribution in [0.4, 0.5) is 4.39 Å². The predicted octanol–water partition coefficient (Wildman–Crippen LogP) is 5.62. The highest BCUT2D eigenvalue weighted by atomic mass is 32.2. The first kappa shape index (κ1) is 20.1. The van der Waals surface area contributed by atoms with Crippen LogP contribution in [0.5, 0.6) is 0 Å². The highest BCUT2D eigenvalue weighted by Gasteiger charge is 2.28. The molecule has 6 rings (SSSR count). The molecule has 0 unspecified atom stereocenters. The molecule has 1 aliphatic carbocycles. The van der Waals surface area contributed by atoms with Crippen LogP contribution in [0.15, 0.2) is 78.1 Å². The van der Waals surface area contributed by atoms with Crippen molar-refractivity contribution >= 4 is 34.1 Å². The first-order chi connectivity index (χ1) is 16.1. The standard InChI is InChI=1S/C26H19FN4OS/c27-20-10-8-16(9-11-20)19-12-23-22(24(32)13-19)14-31-25(28-23)29-26(30-31)33-15-18-6-3-5-17-4-1-2-7-21(17)18/h1-11,14,19H,12-13,15H2/t19-/m0/s1. The number of halogens is 1. The van der Waals surface area contributed by atoms with Crippen molar-refractivity contribution in [1.82, 2.24) is 19.6 Å². The minimum Gasteiger partial charge on any atom is -0.294 e. The smallest absolute Gasteiger partial charge is 0.253 e. The number of benzene rings is 3. The molecule has 0 aliphatic heterocycles. The molecule has 0 spiro atoms. The normalized spacial score (nSPS) is 15.8. The number of nitrogens with zero attached hydrogens (tertiary/aromatic N) is 4. The molecule has 0 saturated heterocycles. The SMILES string of the molecule is O=C1C[C@@H](c2ccc(F)cc2)Cc2nc3nc(SCc4cccc5ccccc45)nn3cc21. The molecule has 2 heterocycles. The monoisotopic (exact) mass is 454 g/mol. The van der Waals surface area contributed by atoms with Crippen molar-refractivity contribution in [2.24, 2.45) is 0 Å². The number of aromatic nitrogens is 4. The summed E-state index contributed by atoms with van der Waals surface area (Å²) in [7, 11) is 0. The highest BCUT2D eigenvalue weighted by Crippen LogP contribution is 2.32. The molecule has 2 aromatic heterocycles. The van der Waals surface area contributed by atoms with Crippen LogP contribution in [0.25, 0.3) is 16.6 Å². The third-order valence-electron chi connectivity index (χ3n) is 6.14. The van der Waals surface area contributed by atoms with Crippen LogP contribution < -0.4 is 0 Å². The predicted molar refractivity (Wildman–Crippen MR) is 126 cm³/mol. The molecule has 33 heavy (non-hydrogen) atoms. The van der Waals surface area contributed by atoms with Gasteiger partial charge in [-0.05, 0) is 46.4 Å². The molecule has 0 saturated carbocycles. The van der Waals surface area contributed by atoms with Crippen LogP contribution in [0, 0.1) is 5.82 Å². The van der Waals surface area contributed by atoms with Crippen molar-refractivity contribution in [2.75, 3.05) is 0 Å². The molecule has 1 aliphatic rings. The third-order valence-corrected chi connectivity index (χ3v) is 7.03. The topological polar surface area (TPSA) is 60.2 Å². The maximum Gasteiger partial charge on any atom is 0.253 e. The van der Waals surface area contributed by atoms with Gasteiger partial charge in [0.2, 0.25) is 5.16 Å². The summed E-state index contributed by atoms with van der Waals surface area (Å²) in [5, 5.41) is 7.61. The van der Waals surface area contributed by atoms with E-state index in [0.29, 0.717) is 29.3 Å². The lowest BCUT2D eigenvalue weighted by atomic mass is 9.82. The van der Waals surface area contributed by atoms with Crippen LogP contribution >= 0.6 is 11.8 Å². The van der Waals surface area contributed by atoms with Crippen LogP contribution in [0.2, 0.25) is 0 Å². The van der Waals surface area contributed by atoms with Crippen LogP contribution in [-0.4, -0.2) is 25.4 Å². The third kappa shape index (κ3) is 3.78. The molecule has 5 aromatic rings. The van der Waals surface area contributed by atoms with Crippen molar-refractivity contribution in [1.29, 1.82) is 0 Å². The van der Waals surface area contributed by atoms with Gasteiger partial charge in [-0.2, -0.15) is 4.98 Å². The highest BCUT2D eigenvalue weighted by molar-refractivity contribution is 7.98. The summed E-state index contributed by atoms with van der Waals surface area (Å²) >= 11 is 1.55. The Balaban J connectivity index is 1.27. The maximum absolute atomic E-state index is 13.3. The lowest BCUT2D eigenvalue weighted by molar-refractivity contribution is 0.0962. The molecule has 1 atom stereocenters. The molecule has 0 radical (unpaired) electrons. The lowest BCUT2D eigenvalue weighted by Crippen LogP contribution is -2.21. The van der Waals surface area contributed by atoms with E-state index < -0.39 is 0 Å². The summed E-state index contributed by atoms with van der Waals surface area (Å²) in [6, 6.07) is 21.0. The van der Waals surface area contributed by atoms with E-state index in [0.717, 1.165) is 17.0 Å². The number of fused-ring (bicyclic) bond motifs is 3. The fraction of sp³-hybridized carbons (Fsp3) is 0.154. The number of Topliss-reactive ketones (excluding diaryl/α,β-unsaturated/α-hetero) is 1. The second-order valence-corrected chi connectivity index (χ2v) is 9.19. The van der Waals surface area contributed by atoms with Gasteiger partial charge >= 0.3 is 0 Å². The minimum atomic E-state index is -0.280. The fourth-order valence-corrected chi connectivity index (χ4v) is 5.29. The van der Waals surface area contributed by atoms with Crippen LogP contribution in [0.1, 0.15) is 39.5 Å². The maximum atomic E-state index is 13.3. The Bertz CT molecular complexity index is 1510. The largest absolute Gasteiger partial charge is 0.294 e. The molecule has 5 nitrogen and oxygen atoms in total. The Kier molecular flexibility index (Phi) is 4.91. The zero-order valence-corrected chi connectivity index (χ0v) is 18.4. The minimum absolute atomic E-state index is 0.0105. The van der Waals surface area contributed by atoms with E-state index in [-0.39, 0.29) is 17.5 Å². The number of hydrogen-bond donors (Lipinski definition) is 0. The van der Waals surface area contributed by atoms with Gasteiger partial charge in [-0.25, -0.2) is 13.9 Å². The summed E-state index contributed by atoms with van der Waals surface area (Å²) in [5.41, 5.74) is 3.49. The van der Waals surface area contributed by atoms with Gasteiger partial charge in [0.25, 0.3) is 5.78 Å². The Hall–Kier alpha value is -3.58. The zero-order chi connectivity index (χ0) is 22.4. The molecule has 3 aromatic carbocycles. The zero-order valence-electron chi connectivity index (χ0n) is 17.6. The Morgan fingerprint density at radius 2 is 1.79 bits per heavy atom. The fourth-order valence-electron chi connectivity index (χ4n) is 4.46. The second-order valence-electron chi connectivity index (χ2n) is 8.25. The van der Waals surface area contributed by atoms with E-state index >= 15 is 0 Å². The Labute approximate surface area is 193 Å². The Morgan fingerprint density at radius 1 is 0.970 bits per heavy atom. The van der Waals surface area contributed by atoms with Crippen LogP contribution in [0.3, 0.4) is 0 Å². The first-order valence-corrected chi connectivity index (χ1v) is 11.8. The summed E-state index contributed by atoms with van der Waals surface area (Å²) in [6.45, 7) is 0. The molecule has 162 valence electrons. The number of hydrogen-bond acceptors (Lipinski definition) is 5. The quantitative estimate of drug-likeness (QED) is 0.330. The van der Waals surface area contributed by atoms with Gasteiger partial charge in [-0.1, -0.05) is 66.4 Å². The van der Waals surface area contributed by atoms with Crippen molar-refractivity contribution in [3.8, 4) is 0 Å². The van der Waals surface area contributed by atoms with Gasteiger partial charge in [-0.15, -0.1) is 5.10 Å². The summed E-state index contributed by atoms with van der Waals surface area (Å²) < 4.78 is 14.9. The van der Waals surface area contributed by atoms with E-state index in [4.69, 9.17) is 0 Å². The van der Waals surface area contributed by atoms with E-state index in [2.05, 4.69) is 45.4 Å². The summed E-state index contributed by atoms with van der Waals surface area (Å²) in [5.74, 6) is 0.965. The summed E-state index contributed by atoms with van der Waals surface area (Å²) in [4.78, 5) is 22.1. The number of rotatable bonds is 4. The van der Waals surface area contributed by atoms with Crippen molar-refractivity contribution < 1.29 is 9.18 Å². The van der Waals surface area contributed by atoms with E-state index in [1.54, 1.807) is 34.6 Å². The summed E-state index contributed by atoms with van der Waals surface area (Å²) in [6.07, 6.45) is 2.74. The molecule has 0 amide bonds. The Morgan fingerprint density at radius 3 is 2.67 bits per heavy atom. The van der Waals surface area contributed by atoms with Gasteiger partial charge in [0.15, 0.2) is 5.78 Å². The van der Waals surface area contributed by atoms with Gasteiger partial charge in [0.05, 0.1) is 11.3 Å². The first-order valence-electron chi connectivity index (χ1n) is 10.8. The van der Waals surface area contributed by atoms with Gasteiger partial charge in [0.1, 0.15) is 5.82 Å². The molecular formula is C26H19FN4OS. The molecule has 0 N–H and O–H groups in total. The van der Waals surface area contributed by atoms with Crippen molar-refractivity contribution in [3.05, 3.63) is 101 Å². The van der Waals surface area contributed by atoms with E-state index in [1.807, 2.05) is 12.1 Å². The number of carbonyl (C=O) groups is 1. The van der Waals surface area contributed by atoms with Crippen molar-refractivity contribution in [3.63, 3.8) is 0 Å². The van der Waals surface area contributed by atoms with Gasteiger partial charge in [0, 0.05) is 18.4 Å². The number of ketones is 1. The van der Waals surface area contributed by atoms with E-state index in [1.165, 1.54) is 28.5 Å². The molecule has 0 fully saturated rings. The molecule has 0 bridgehead atoms. The average Bonchev–Trinajstić information content (AvgIpc) is 3.24. The molecule has 7 heteroatoms. The van der Waals surface area contributed by atoms with Crippen molar-refractivity contribution in [2.45, 2.75) is 29.7 Å². The van der Waals surface area contributed by atoms with Gasteiger partial charge < -0.3 is 0 Å². The van der Waals surface area contributed by atoms with Crippen LogP contribution in [-0.2, 0) is 12.2 Å². The average molecular weight is 455 g/mol.